The summed E-state index contributed by atoms with van der Waals surface area (Å²) in [4.78, 5) is 14.1. The van der Waals surface area contributed by atoms with Gasteiger partial charge in [0.2, 0.25) is 0 Å². The highest BCUT2D eigenvalue weighted by atomic mass is 16.3. The van der Waals surface area contributed by atoms with E-state index in [1.165, 1.54) is 5.56 Å². The van der Waals surface area contributed by atoms with Gasteiger partial charge in [0.1, 0.15) is 0 Å². The van der Waals surface area contributed by atoms with Gasteiger partial charge in [-0.05, 0) is 37.2 Å². The molecule has 1 aromatic carbocycles. The van der Waals surface area contributed by atoms with Crippen LogP contribution in [-0.4, -0.2) is 41.3 Å². The Morgan fingerprint density at radius 3 is 2.73 bits per heavy atom. The van der Waals surface area contributed by atoms with Gasteiger partial charge in [0.15, 0.2) is 0 Å². The predicted octanol–water partition coefficient (Wildman–Crippen LogP) is 2.91. The van der Waals surface area contributed by atoms with Gasteiger partial charge < -0.3 is 15.3 Å². The maximum Gasteiger partial charge on any atom is 0.317 e. The number of carbonyl (C=O) groups is 1. The molecule has 1 unspecified atom stereocenters. The lowest BCUT2D eigenvalue weighted by molar-refractivity contribution is 0.154. The van der Waals surface area contributed by atoms with E-state index >= 15 is 0 Å². The summed E-state index contributed by atoms with van der Waals surface area (Å²) in [6.07, 6.45) is 2.75. The molecule has 2 atom stereocenters. The Kier molecular flexibility index (Phi) is 5.46. The summed E-state index contributed by atoms with van der Waals surface area (Å²) in [6.45, 7) is 7.25. The number of rotatable bonds is 5. The van der Waals surface area contributed by atoms with Crippen molar-refractivity contribution in [1.82, 2.24) is 10.2 Å². The van der Waals surface area contributed by atoms with Crippen LogP contribution >= 0.6 is 0 Å². The molecule has 1 saturated heterocycles. The Morgan fingerprint density at radius 2 is 2.09 bits per heavy atom. The zero-order valence-corrected chi connectivity index (χ0v) is 13.9. The van der Waals surface area contributed by atoms with Crippen molar-refractivity contribution in [3.05, 3.63) is 35.9 Å². The minimum atomic E-state index is -0.0482. The minimum absolute atomic E-state index is 0.00927. The minimum Gasteiger partial charge on any atom is -0.394 e. The van der Waals surface area contributed by atoms with Crippen molar-refractivity contribution in [3.63, 3.8) is 0 Å². The highest BCUT2D eigenvalue weighted by Crippen LogP contribution is 2.28. The number of hydrogen-bond acceptors (Lipinski definition) is 2. The fourth-order valence-electron chi connectivity index (χ4n) is 3.41. The number of likely N-dealkylation sites (tertiary alicyclic amines) is 1. The second-order valence-corrected chi connectivity index (χ2v) is 6.98. The second-order valence-electron chi connectivity index (χ2n) is 6.98. The van der Waals surface area contributed by atoms with Crippen molar-refractivity contribution in [2.24, 2.45) is 0 Å². The Bertz CT molecular complexity index is 487. The molecular formula is C18H28N2O2. The van der Waals surface area contributed by atoms with Gasteiger partial charge in [-0.1, -0.05) is 44.2 Å². The number of hydrogen-bond donors (Lipinski definition) is 2. The van der Waals surface area contributed by atoms with Crippen molar-refractivity contribution in [2.75, 3.05) is 13.2 Å². The van der Waals surface area contributed by atoms with Crippen LogP contribution in [0.1, 0.15) is 45.6 Å². The van der Waals surface area contributed by atoms with Gasteiger partial charge in [0.05, 0.1) is 12.6 Å². The van der Waals surface area contributed by atoms with Crippen molar-refractivity contribution in [1.29, 1.82) is 0 Å². The molecule has 4 heteroatoms. The monoisotopic (exact) mass is 304 g/mol. The fourth-order valence-corrected chi connectivity index (χ4v) is 3.41. The summed E-state index contributed by atoms with van der Waals surface area (Å²) < 4.78 is 0. The van der Waals surface area contributed by atoms with E-state index in [2.05, 4.69) is 43.4 Å². The largest absolute Gasteiger partial charge is 0.394 e. The molecule has 1 aliphatic heterocycles. The SMILES string of the molecule is CC(CC(C)(C)c1ccccc1)NC(=O)N1CCC[C@H]1CO. The number of aliphatic hydroxyl groups excluding tert-OH is 1. The van der Waals surface area contributed by atoms with Gasteiger partial charge >= 0.3 is 6.03 Å². The molecule has 22 heavy (non-hydrogen) atoms. The highest BCUT2D eigenvalue weighted by Gasteiger charge is 2.30. The van der Waals surface area contributed by atoms with E-state index in [1.54, 1.807) is 4.90 Å². The van der Waals surface area contributed by atoms with E-state index in [0.717, 1.165) is 25.8 Å². The average Bonchev–Trinajstić information content (AvgIpc) is 2.96. The Hall–Kier alpha value is -1.55. The highest BCUT2D eigenvalue weighted by molar-refractivity contribution is 5.75. The van der Waals surface area contributed by atoms with Crippen molar-refractivity contribution in [3.8, 4) is 0 Å². The third-order valence-electron chi connectivity index (χ3n) is 4.59. The van der Waals surface area contributed by atoms with E-state index in [4.69, 9.17) is 0 Å². The molecule has 0 aromatic heterocycles. The molecule has 2 amide bonds. The summed E-state index contributed by atoms with van der Waals surface area (Å²) in [5.41, 5.74) is 1.29. The number of urea groups is 1. The lowest BCUT2D eigenvalue weighted by Gasteiger charge is -2.31. The molecule has 0 radical (unpaired) electrons. The predicted molar refractivity (Wildman–Crippen MR) is 88.9 cm³/mol. The van der Waals surface area contributed by atoms with Crippen LogP contribution in [0.15, 0.2) is 30.3 Å². The quantitative estimate of drug-likeness (QED) is 0.879. The molecule has 1 aliphatic rings. The first-order chi connectivity index (χ1) is 10.4. The zero-order chi connectivity index (χ0) is 16.2. The van der Waals surface area contributed by atoms with Crippen LogP contribution in [0.2, 0.25) is 0 Å². The van der Waals surface area contributed by atoms with E-state index in [0.29, 0.717) is 0 Å². The maximum absolute atomic E-state index is 12.4. The third kappa shape index (κ3) is 4.01. The van der Waals surface area contributed by atoms with Gasteiger partial charge in [-0.2, -0.15) is 0 Å². The van der Waals surface area contributed by atoms with E-state index in [-0.39, 0.29) is 30.1 Å². The number of nitrogens with one attached hydrogen (secondary N) is 1. The third-order valence-corrected chi connectivity index (χ3v) is 4.59. The topological polar surface area (TPSA) is 52.6 Å². The van der Waals surface area contributed by atoms with Crippen molar-refractivity contribution >= 4 is 6.03 Å². The lowest BCUT2D eigenvalue weighted by Crippen LogP contribution is -2.48. The Balaban J connectivity index is 1.92. The molecular weight excluding hydrogens is 276 g/mol. The van der Waals surface area contributed by atoms with E-state index in [1.807, 2.05) is 13.0 Å². The van der Waals surface area contributed by atoms with Crippen LogP contribution in [0.25, 0.3) is 0 Å². The average molecular weight is 304 g/mol. The van der Waals surface area contributed by atoms with Crippen LogP contribution < -0.4 is 5.32 Å². The van der Waals surface area contributed by atoms with Crippen LogP contribution in [-0.2, 0) is 5.41 Å². The summed E-state index contributed by atoms with van der Waals surface area (Å²) in [7, 11) is 0. The number of carbonyl (C=O) groups excluding carboxylic acids is 1. The van der Waals surface area contributed by atoms with Gasteiger partial charge in [-0.25, -0.2) is 4.79 Å². The van der Waals surface area contributed by atoms with E-state index < -0.39 is 0 Å². The standard InChI is InChI=1S/C18H28N2O2/c1-14(12-18(2,3)15-8-5-4-6-9-15)19-17(22)20-11-7-10-16(20)13-21/h4-6,8-9,14,16,21H,7,10-13H2,1-3H3,(H,19,22)/t14?,16-/m0/s1. The number of nitrogens with zero attached hydrogens (tertiary/aromatic N) is 1. The van der Waals surface area contributed by atoms with Gasteiger partial charge in [-0.15, -0.1) is 0 Å². The smallest absolute Gasteiger partial charge is 0.317 e. The van der Waals surface area contributed by atoms with Gasteiger partial charge in [0, 0.05) is 12.6 Å². The molecule has 0 bridgehead atoms. The number of benzene rings is 1. The summed E-state index contributed by atoms with van der Waals surface area (Å²) in [5, 5.41) is 12.4. The van der Waals surface area contributed by atoms with Crippen LogP contribution in [0.3, 0.4) is 0 Å². The molecule has 122 valence electrons. The second kappa shape index (κ2) is 7.14. The Labute approximate surface area is 133 Å². The lowest BCUT2D eigenvalue weighted by atomic mass is 9.79. The van der Waals surface area contributed by atoms with Crippen LogP contribution in [0, 0.1) is 0 Å². The molecule has 0 spiro atoms. The molecule has 1 fully saturated rings. The number of aliphatic hydroxyl groups is 1. The van der Waals surface area contributed by atoms with E-state index in [9.17, 15) is 9.90 Å². The summed E-state index contributed by atoms with van der Waals surface area (Å²) >= 11 is 0. The van der Waals surface area contributed by atoms with Crippen LogP contribution in [0.5, 0.6) is 0 Å². The van der Waals surface area contributed by atoms with Gasteiger partial charge in [0.25, 0.3) is 0 Å². The first-order valence-corrected chi connectivity index (χ1v) is 8.17. The van der Waals surface area contributed by atoms with Crippen molar-refractivity contribution in [2.45, 2.75) is 57.5 Å². The van der Waals surface area contributed by atoms with Gasteiger partial charge in [-0.3, -0.25) is 0 Å². The molecule has 2 N–H and O–H groups in total. The molecule has 0 saturated carbocycles. The molecule has 2 rings (SSSR count). The molecule has 1 heterocycles. The molecule has 4 nitrogen and oxygen atoms in total. The Morgan fingerprint density at radius 1 is 1.41 bits per heavy atom. The zero-order valence-electron chi connectivity index (χ0n) is 13.9. The first-order valence-electron chi connectivity index (χ1n) is 8.17. The fraction of sp³-hybridized carbons (Fsp3) is 0.611. The molecule has 1 aromatic rings. The molecule has 0 aliphatic carbocycles. The number of amides is 2. The van der Waals surface area contributed by atoms with Crippen molar-refractivity contribution < 1.29 is 9.90 Å². The summed E-state index contributed by atoms with van der Waals surface area (Å²) in [5.74, 6) is 0. The maximum atomic E-state index is 12.4. The normalized spacial score (nSPS) is 20.0. The first kappa shape index (κ1) is 16.8. The summed E-state index contributed by atoms with van der Waals surface area (Å²) in [6, 6.07) is 10.4. The van der Waals surface area contributed by atoms with Crippen LogP contribution in [0.4, 0.5) is 4.79 Å².